The number of rotatable bonds is 4. The van der Waals surface area contributed by atoms with Crippen molar-refractivity contribution < 1.29 is 19.1 Å². The minimum Gasteiger partial charge on any atom is -0.453 e. The molecule has 9 heteroatoms. The van der Waals surface area contributed by atoms with Crippen LogP contribution in [0.25, 0.3) is 0 Å². The Morgan fingerprint density at radius 3 is 2.67 bits per heavy atom. The van der Waals surface area contributed by atoms with E-state index in [2.05, 4.69) is 31.9 Å². The Balaban J connectivity index is 1.59. The number of amides is 3. The zero-order valence-corrected chi connectivity index (χ0v) is 18.9. The number of nitrogens with zero attached hydrogens (tertiary/aromatic N) is 1. The molecule has 2 fully saturated rings. The topological polar surface area (TPSA) is 99.8 Å². The van der Waals surface area contributed by atoms with Crippen LogP contribution in [0.15, 0.2) is 22.7 Å². The Labute approximate surface area is 184 Å². The van der Waals surface area contributed by atoms with Gasteiger partial charge in [-0.25, -0.2) is 4.79 Å². The molecule has 1 aromatic rings. The summed E-state index contributed by atoms with van der Waals surface area (Å²) >= 11 is 3.40. The van der Waals surface area contributed by atoms with Gasteiger partial charge in [-0.05, 0) is 48.8 Å². The number of anilines is 1. The van der Waals surface area contributed by atoms with E-state index in [0.29, 0.717) is 12.1 Å². The number of halogens is 1. The van der Waals surface area contributed by atoms with Gasteiger partial charge in [0.1, 0.15) is 12.2 Å². The molecule has 1 spiro atoms. The van der Waals surface area contributed by atoms with Crippen molar-refractivity contribution in [3.05, 3.63) is 28.2 Å². The molecule has 2 aliphatic heterocycles. The molecule has 3 N–H and O–H groups in total. The molecule has 2 heterocycles. The molecule has 0 bridgehead atoms. The maximum absolute atomic E-state index is 13.5. The Morgan fingerprint density at radius 1 is 1.30 bits per heavy atom. The highest BCUT2D eigenvalue weighted by molar-refractivity contribution is 9.10. The average Bonchev–Trinajstić information content (AvgIpc) is 3.35. The summed E-state index contributed by atoms with van der Waals surface area (Å²) in [6.45, 7) is 4.43. The predicted octanol–water partition coefficient (Wildman–Crippen LogP) is 2.69. The minimum absolute atomic E-state index is 0.0972. The number of ether oxygens (including phenoxy) is 1. The maximum atomic E-state index is 13.5. The molecule has 0 radical (unpaired) electrons. The van der Waals surface area contributed by atoms with Gasteiger partial charge in [0, 0.05) is 16.7 Å². The molecule has 3 atom stereocenters. The summed E-state index contributed by atoms with van der Waals surface area (Å²) in [6.07, 6.45) is 1.97. The second kappa shape index (κ2) is 7.76. The van der Waals surface area contributed by atoms with Crippen LogP contribution in [0.4, 0.5) is 10.5 Å². The molecule has 1 saturated heterocycles. The average molecular weight is 479 g/mol. The number of methoxy groups -OCH3 is 1. The largest absolute Gasteiger partial charge is 0.453 e. The van der Waals surface area contributed by atoms with E-state index in [9.17, 15) is 14.4 Å². The fraction of sp³-hybridized carbons (Fsp3) is 0.571. The van der Waals surface area contributed by atoms with E-state index >= 15 is 0 Å². The van der Waals surface area contributed by atoms with Gasteiger partial charge in [0.15, 0.2) is 0 Å². The summed E-state index contributed by atoms with van der Waals surface area (Å²) in [5, 5.41) is 9.12. The van der Waals surface area contributed by atoms with Gasteiger partial charge in [-0.15, -0.1) is 0 Å². The molecular formula is C21H27BrN4O4. The van der Waals surface area contributed by atoms with Crippen molar-refractivity contribution in [2.45, 2.75) is 51.4 Å². The predicted molar refractivity (Wildman–Crippen MR) is 115 cm³/mol. The summed E-state index contributed by atoms with van der Waals surface area (Å²) in [6, 6.07) is 4.66. The van der Waals surface area contributed by atoms with Gasteiger partial charge in [-0.3, -0.25) is 9.59 Å². The molecule has 1 unspecified atom stereocenters. The first-order valence-electron chi connectivity index (χ1n) is 10.2. The molecule has 1 aliphatic carbocycles. The SMILES string of the molecule is COC(=O)N[C@H](C(=O)N1CC2(CC2)C[C@H]1C1NC(=O)c2cc(Br)ccc2N1)C(C)C. The molecule has 3 amide bonds. The third-order valence-corrected chi connectivity index (χ3v) is 6.88. The van der Waals surface area contributed by atoms with E-state index in [0.717, 1.165) is 29.4 Å². The van der Waals surface area contributed by atoms with E-state index in [4.69, 9.17) is 4.74 Å². The molecule has 3 aliphatic rings. The van der Waals surface area contributed by atoms with E-state index in [1.54, 1.807) is 6.07 Å². The van der Waals surface area contributed by atoms with Gasteiger partial charge >= 0.3 is 6.09 Å². The summed E-state index contributed by atoms with van der Waals surface area (Å²) < 4.78 is 5.54. The van der Waals surface area contributed by atoms with Crippen LogP contribution in [0.3, 0.4) is 0 Å². The van der Waals surface area contributed by atoms with Crippen LogP contribution in [0, 0.1) is 11.3 Å². The molecule has 0 aromatic heterocycles. The normalized spacial score (nSPS) is 24.7. The highest BCUT2D eigenvalue weighted by Crippen LogP contribution is 2.55. The summed E-state index contributed by atoms with van der Waals surface area (Å²) in [5.74, 6) is -0.394. The summed E-state index contributed by atoms with van der Waals surface area (Å²) in [5.41, 5.74) is 1.45. The van der Waals surface area contributed by atoms with Crippen LogP contribution in [-0.2, 0) is 9.53 Å². The van der Waals surface area contributed by atoms with E-state index in [1.807, 2.05) is 30.9 Å². The number of hydrogen-bond donors (Lipinski definition) is 3. The fourth-order valence-electron chi connectivity index (χ4n) is 4.50. The number of fused-ring (bicyclic) bond motifs is 1. The van der Waals surface area contributed by atoms with Gasteiger partial charge in [0.2, 0.25) is 5.91 Å². The molecule has 8 nitrogen and oxygen atoms in total. The number of nitrogens with one attached hydrogen (secondary N) is 3. The molecule has 1 aromatic carbocycles. The number of likely N-dealkylation sites (tertiary alicyclic amines) is 1. The van der Waals surface area contributed by atoms with Crippen molar-refractivity contribution in [1.82, 2.24) is 15.5 Å². The molecule has 30 heavy (non-hydrogen) atoms. The number of alkyl carbamates (subject to hydrolysis) is 1. The quantitative estimate of drug-likeness (QED) is 0.617. The summed E-state index contributed by atoms with van der Waals surface area (Å²) in [4.78, 5) is 39.9. The molecule has 4 rings (SSSR count). The zero-order valence-electron chi connectivity index (χ0n) is 17.3. The van der Waals surface area contributed by atoms with Crippen molar-refractivity contribution in [3.8, 4) is 0 Å². The number of benzene rings is 1. The van der Waals surface area contributed by atoms with Crippen molar-refractivity contribution >= 4 is 39.5 Å². The fourth-order valence-corrected chi connectivity index (χ4v) is 4.86. The standard InChI is InChI=1S/C21H27BrN4O4/c1-11(2)16(24-20(29)30-3)19(28)26-10-21(6-7-21)9-15(26)17-23-14-5-4-12(22)8-13(14)18(27)25-17/h4-5,8,11,15-17,23H,6-7,9-10H2,1-3H3,(H,24,29)(H,25,27)/t15-,16-,17?/m0/s1. The first-order valence-corrected chi connectivity index (χ1v) is 11.0. The number of carbonyl (C=O) groups excluding carboxylic acids is 3. The lowest BCUT2D eigenvalue weighted by atomic mass is 9.99. The van der Waals surface area contributed by atoms with Crippen molar-refractivity contribution in [3.63, 3.8) is 0 Å². The Morgan fingerprint density at radius 2 is 2.03 bits per heavy atom. The van der Waals surface area contributed by atoms with Gasteiger partial charge in [0.25, 0.3) is 5.91 Å². The van der Waals surface area contributed by atoms with E-state index in [-0.39, 0.29) is 35.4 Å². The minimum atomic E-state index is -0.684. The van der Waals surface area contributed by atoms with Gasteiger partial charge < -0.3 is 25.6 Å². The number of carbonyl (C=O) groups is 3. The first kappa shape index (κ1) is 21.0. The van der Waals surface area contributed by atoms with Crippen molar-refractivity contribution in [1.29, 1.82) is 0 Å². The van der Waals surface area contributed by atoms with E-state index < -0.39 is 12.1 Å². The Bertz CT molecular complexity index is 886. The number of hydrogen-bond acceptors (Lipinski definition) is 5. The summed E-state index contributed by atoms with van der Waals surface area (Å²) in [7, 11) is 1.28. The van der Waals surface area contributed by atoms with E-state index in [1.165, 1.54) is 7.11 Å². The zero-order chi connectivity index (χ0) is 21.6. The monoisotopic (exact) mass is 478 g/mol. The lowest BCUT2D eigenvalue weighted by Crippen LogP contribution is -2.60. The smallest absolute Gasteiger partial charge is 0.407 e. The van der Waals surface area contributed by atoms with Crippen LogP contribution >= 0.6 is 15.9 Å². The second-order valence-electron chi connectivity index (χ2n) is 8.88. The van der Waals surface area contributed by atoms with Crippen LogP contribution < -0.4 is 16.0 Å². The van der Waals surface area contributed by atoms with Crippen molar-refractivity contribution in [2.24, 2.45) is 11.3 Å². The maximum Gasteiger partial charge on any atom is 0.407 e. The van der Waals surface area contributed by atoms with Crippen LogP contribution in [0.2, 0.25) is 0 Å². The Kier molecular flexibility index (Phi) is 5.42. The van der Waals surface area contributed by atoms with Gasteiger partial charge in [0.05, 0.1) is 18.7 Å². The van der Waals surface area contributed by atoms with Gasteiger partial charge in [-0.2, -0.15) is 0 Å². The molecule has 162 valence electrons. The lowest BCUT2D eigenvalue weighted by Gasteiger charge is -2.38. The molecule has 1 saturated carbocycles. The third-order valence-electron chi connectivity index (χ3n) is 6.39. The third kappa shape index (κ3) is 3.87. The van der Waals surface area contributed by atoms with Crippen molar-refractivity contribution in [2.75, 3.05) is 19.0 Å². The lowest BCUT2D eigenvalue weighted by molar-refractivity contribution is -0.135. The highest BCUT2D eigenvalue weighted by atomic mass is 79.9. The van der Waals surface area contributed by atoms with Gasteiger partial charge in [-0.1, -0.05) is 29.8 Å². The first-order chi connectivity index (χ1) is 14.2. The van der Waals surface area contributed by atoms with Crippen LogP contribution in [0.5, 0.6) is 0 Å². The molecular weight excluding hydrogens is 452 g/mol. The van der Waals surface area contributed by atoms with Crippen LogP contribution in [0.1, 0.15) is 43.5 Å². The van der Waals surface area contributed by atoms with Crippen LogP contribution in [-0.4, -0.2) is 54.7 Å². The Hall–Kier alpha value is -2.29. The highest BCUT2D eigenvalue weighted by Gasteiger charge is 2.56. The second-order valence-corrected chi connectivity index (χ2v) is 9.80.